The number of halogens is 1. The van der Waals surface area contributed by atoms with Gasteiger partial charge in [0.25, 0.3) is 10.0 Å². The van der Waals surface area contributed by atoms with Crippen molar-refractivity contribution in [3.63, 3.8) is 0 Å². The zero-order valence-electron chi connectivity index (χ0n) is 12.1. The molecule has 0 aromatic carbocycles. The summed E-state index contributed by atoms with van der Waals surface area (Å²) in [4.78, 5) is 4.02. The summed E-state index contributed by atoms with van der Waals surface area (Å²) in [5.74, 6) is 1.22. The van der Waals surface area contributed by atoms with Crippen molar-refractivity contribution >= 4 is 33.0 Å². The van der Waals surface area contributed by atoms with Crippen LogP contribution in [0.1, 0.15) is 38.8 Å². The van der Waals surface area contributed by atoms with Gasteiger partial charge in [-0.3, -0.25) is 0 Å². The Morgan fingerprint density at radius 2 is 2.05 bits per heavy atom. The van der Waals surface area contributed by atoms with Gasteiger partial charge in [-0.15, -0.1) is 0 Å². The van der Waals surface area contributed by atoms with E-state index in [-0.39, 0.29) is 4.47 Å². The third-order valence-electron chi connectivity index (χ3n) is 3.98. The van der Waals surface area contributed by atoms with Crippen LogP contribution < -0.4 is 0 Å². The first-order valence-electron chi connectivity index (χ1n) is 6.95. The fourth-order valence-corrected chi connectivity index (χ4v) is 6.08. The molecule has 1 aliphatic rings. The lowest BCUT2D eigenvalue weighted by Gasteiger charge is -2.20. The van der Waals surface area contributed by atoms with Crippen LogP contribution in [0.5, 0.6) is 0 Å². The van der Waals surface area contributed by atoms with Gasteiger partial charge in [0.1, 0.15) is 0 Å². The number of thiazole rings is 1. The van der Waals surface area contributed by atoms with E-state index in [0.717, 1.165) is 30.6 Å². The van der Waals surface area contributed by atoms with Crippen molar-refractivity contribution in [2.75, 3.05) is 13.1 Å². The Labute approximate surface area is 130 Å². The van der Waals surface area contributed by atoms with Crippen LogP contribution in [0.25, 0.3) is 0 Å². The van der Waals surface area contributed by atoms with Crippen LogP contribution in [-0.2, 0) is 10.0 Å². The molecule has 0 saturated carbocycles. The van der Waals surface area contributed by atoms with Crippen LogP contribution in [0.3, 0.4) is 0 Å². The van der Waals surface area contributed by atoms with E-state index in [1.807, 2.05) is 0 Å². The highest BCUT2D eigenvalue weighted by atomic mass is 35.5. The third kappa shape index (κ3) is 3.35. The zero-order valence-corrected chi connectivity index (χ0v) is 14.5. The van der Waals surface area contributed by atoms with Crippen LogP contribution in [0.4, 0.5) is 0 Å². The van der Waals surface area contributed by atoms with Gasteiger partial charge < -0.3 is 0 Å². The number of aromatic nitrogens is 1. The normalized spacial score (nSPS) is 22.1. The average molecular weight is 337 g/mol. The Kier molecular flexibility index (Phi) is 5.10. The minimum Gasteiger partial charge on any atom is -0.229 e. The molecule has 7 heteroatoms. The van der Waals surface area contributed by atoms with Gasteiger partial charge in [-0.05, 0) is 38.0 Å². The van der Waals surface area contributed by atoms with Gasteiger partial charge >= 0.3 is 0 Å². The van der Waals surface area contributed by atoms with Crippen molar-refractivity contribution in [2.45, 2.75) is 44.2 Å². The molecule has 2 heterocycles. The summed E-state index contributed by atoms with van der Waals surface area (Å²) in [7, 11) is -3.44. The first-order valence-corrected chi connectivity index (χ1v) is 9.59. The summed E-state index contributed by atoms with van der Waals surface area (Å²) in [6.07, 6.45) is 2.96. The van der Waals surface area contributed by atoms with E-state index in [1.54, 1.807) is 11.2 Å². The largest absolute Gasteiger partial charge is 0.254 e. The highest BCUT2D eigenvalue weighted by molar-refractivity contribution is 7.91. The minimum absolute atomic E-state index is 0.288. The van der Waals surface area contributed by atoms with Crippen LogP contribution in [-0.4, -0.2) is 30.8 Å². The van der Waals surface area contributed by atoms with Crippen molar-refractivity contribution in [3.8, 4) is 0 Å². The smallest absolute Gasteiger partial charge is 0.229 e. The van der Waals surface area contributed by atoms with Crippen molar-refractivity contribution in [2.24, 2.45) is 11.8 Å². The van der Waals surface area contributed by atoms with Gasteiger partial charge in [0.15, 0.2) is 8.68 Å². The molecule has 0 spiro atoms. The number of sulfonamides is 1. The highest BCUT2D eigenvalue weighted by Gasteiger charge is 2.31. The number of hydrogen-bond donors (Lipinski definition) is 0. The molecule has 0 aliphatic carbocycles. The molecular weight excluding hydrogens is 316 g/mol. The van der Waals surface area contributed by atoms with Crippen molar-refractivity contribution in [1.82, 2.24) is 9.29 Å². The molecule has 4 nitrogen and oxygen atoms in total. The maximum atomic E-state index is 12.7. The molecule has 2 rings (SSSR count). The van der Waals surface area contributed by atoms with Crippen LogP contribution in [0, 0.1) is 18.8 Å². The molecule has 114 valence electrons. The molecule has 0 bridgehead atoms. The number of hydrogen-bond acceptors (Lipinski definition) is 4. The molecule has 1 unspecified atom stereocenters. The topological polar surface area (TPSA) is 50.3 Å². The van der Waals surface area contributed by atoms with Gasteiger partial charge in [-0.2, -0.15) is 4.31 Å². The van der Waals surface area contributed by atoms with Gasteiger partial charge in [0, 0.05) is 13.1 Å². The highest BCUT2D eigenvalue weighted by Crippen LogP contribution is 2.32. The summed E-state index contributed by atoms with van der Waals surface area (Å²) >= 11 is 6.89. The van der Waals surface area contributed by atoms with E-state index in [2.05, 4.69) is 18.8 Å². The Hall–Kier alpha value is -0.170. The lowest BCUT2D eigenvalue weighted by molar-refractivity contribution is 0.341. The quantitative estimate of drug-likeness (QED) is 0.848. The fourth-order valence-electron chi connectivity index (χ4n) is 2.71. The third-order valence-corrected chi connectivity index (χ3v) is 7.72. The first-order chi connectivity index (χ1) is 9.32. The van der Waals surface area contributed by atoms with Crippen molar-refractivity contribution in [3.05, 3.63) is 10.2 Å². The Bertz CT molecular complexity index is 569. The van der Waals surface area contributed by atoms with Crippen LogP contribution in [0.2, 0.25) is 4.47 Å². The van der Waals surface area contributed by atoms with Gasteiger partial charge in [0.05, 0.1) is 5.69 Å². The average Bonchev–Trinajstić information content (AvgIpc) is 2.59. The molecule has 1 aliphatic heterocycles. The lowest BCUT2D eigenvalue weighted by Crippen LogP contribution is -2.32. The summed E-state index contributed by atoms with van der Waals surface area (Å²) in [5, 5.41) is 0. The molecule has 1 aromatic rings. The molecule has 0 N–H and O–H groups in total. The molecule has 20 heavy (non-hydrogen) atoms. The van der Waals surface area contributed by atoms with Crippen LogP contribution >= 0.6 is 22.9 Å². The Morgan fingerprint density at radius 3 is 2.60 bits per heavy atom. The SMILES string of the molecule is Cc1nc(Cl)sc1S(=O)(=O)N1CCCC(C(C)C)CC1. The fraction of sp³-hybridized carbons (Fsp3) is 0.769. The van der Waals surface area contributed by atoms with E-state index in [0.29, 0.717) is 34.8 Å². The maximum absolute atomic E-state index is 12.7. The summed E-state index contributed by atoms with van der Waals surface area (Å²) in [6, 6.07) is 0. The van der Waals surface area contributed by atoms with Crippen molar-refractivity contribution < 1.29 is 8.42 Å². The maximum Gasteiger partial charge on any atom is 0.254 e. The predicted octanol–water partition coefficient (Wildman–Crippen LogP) is 3.55. The molecule has 0 radical (unpaired) electrons. The summed E-state index contributed by atoms with van der Waals surface area (Å²) < 4.78 is 27.6. The molecule has 1 atom stereocenters. The second-order valence-corrected chi connectivity index (χ2v) is 9.39. The predicted molar refractivity (Wildman–Crippen MR) is 82.8 cm³/mol. The second-order valence-electron chi connectivity index (χ2n) is 5.68. The number of rotatable bonds is 3. The standard InChI is InChI=1S/C13H21ClN2O2S2/c1-9(2)11-5-4-7-16(8-6-11)20(17,18)12-10(3)15-13(14)19-12/h9,11H,4-8H2,1-3H3. The molecule has 1 saturated heterocycles. The Morgan fingerprint density at radius 1 is 1.35 bits per heavy atom. The summed E-state index contributed by atoms with van der Waals surface area (Å²) in [6.45, 7) is 7.31. The number of aryl methyl sites for hydroxylation is 1. The van der Waals surface area contributed by atoms with E-state index in [4.69, 9.17) is 11.6 Å². The summed E-state index contributed by atoms with van der Waals surface area (Å²) in [5.41, 5.74) is 0.504. The zero-order chi connectivity index (χ0) is 14.9. The van der Waals surface area contributed by atoms with E-state index in [9.17, 15) is 8.42 Å². The van der Waals surface area contributed by atoms with Gasteiger partial charge in [0.2, 0.25) is 0 Å². The second kappa shape index (κ2) is 6.30. The van der Waals surface area contributed by atoms with Gasteiger partial charge in [-0.1, -0.05) is 36.8 Å². The molecule has 1 fully saturated rings. The van der Waals surface area contributed by atoms with E-state index >= 15 is 0 Å². The van der Waals surface area contributed by atoms with Gasteiger partial charge in [-0.25, -0.2) is 13.4 Å². The molecule has 1 aromatic heterocycles. The van der Waals surface area contributed by atoms with E-state index < -0.39 is 10.0 Å². The molecular formula is C13H21ClN2O2S2. The minimum atomic E-state index is -3.44. The number of nitrogens with zero attached hydrogens (tertiary/aromatic N) is 2. The monoisotopic (exact) mass is 336 g/mol. The van der Waals surface area contributed by atoms with Crippen LogP contribution in [0.15, 0.2) is 4.21 Å². The molecule has 0 amide bonds. The van der Waals surface area contributed by atoms with Crippen molar-refractivity contribution in [1.29, 1.82) is 0 Å². The Balaban J connectivity index is 2.20. The lowest BCUT2D eigenvalue weighted by atomic mass is 9.89. The van der Waals surface area contributed by atoms with E-state index in [1.165, 1.54) is 0 Å². The first kappa shape index (κ1) is 16.2.